The summed E-state index contributed by atoms with van der Waals surface area (Å²) < 4.78 is 5.82. The zero-order valence-electron chi connectivity index (χ0n) is 8.58. The molecule has 0 aliphatic carbocycles. The van der Waals surface area contributed by atoms with E-state index in [9.17, 15) is 0 Å². The standard InChI is InChI=1S/C11H9BrCl2N2O/c12-11-7(3-4-17-11)10(16-15)6-1-2-8(13)9(14)5-6/h1-5,10,16H,15H2. The van der Waals surface area contributed by atoms with Crippen LogP contribution in [0.2, 0.25) is 10.0 Å². The topological polar surface area (TPSA) is 51.2 Å². The highest BCUT2D eigenvalue weighted by molar-refractivity contribution is 9.10. The van der Waals surface area contributed by atoms with Gasteiger partial charge in [0.15, 0.2) is 4.67 Å². The quantitative estimate of drug-likeness (QED) is 0.660. The summed E-state index contributed by atoms with van der Waals surface area (Å²) in [5.74, 6) is 5.56. The Bertz CT molecular complexity index is 530. The van der Waals surface area contributed by atoms with E-state index in [4.69, 9.17) is 33.5 Å². The van der Waals surface area contributed by atoms with Crippen molar-refractivity contribution in [1.29, 1.82) is 0 Å². The molecule has 0 radical (unpaired) electrons. The number of hydrazine groups is 1. The van der Waals surface area contributed by atoms with Crippen molar-refractivity contribution in [2.24, 2.45) is 5.84 Å². The summed E-state index contributed by atoms with van der Waals surface area (Å²) >= 11 is 15.2. The third-order valence-electron chi connectivity index (χ3n) is 2.40. The maximum atomic E-state index is 5.98. The number of rotatable bonds is 3. The van der Waals surface area contributed by atoms with Crippen molar-refractivity contribution in [3.63, 3.8) is 0 Å². The Morgan fingerprint density at radius 1 is 1.24 bits per heavy atom. The second-order valence-corrected chi connectivity index (χ2v) is 4.96. The SMILES string of the molecule is NNC(c1ccc(Cl)c(Cl)c1)c1ccoc1Br. The molecule has 0 saturated carbocycles. The zero-order chi connectivity index (χ0) is 12.4. The van der Waals surface area contributed by atoms with E-state index in [0.29, 0.717) is 14.7 Å². The van der Waals surface area contributed by atoms with Gasteiger partial charge in [-0.1, -0.05) is 29.3 Å². The molecule has 1 aromatic heterocycles. The number of halogens is 3. The van der Waals surface area contributed by atoms with E-state index >= 15 is 0 Å². The van der Waals surface area contributed by atoms with Crippen molar-refractivity contribution in [1.82, 2.24) is 5.43 Å². The Kier molecular flexibility index (Phi) is 4.12. The third kappa shape index (κ3) is 2.67. The van der Waals surface area contributed by atoms with Gasteiger partial charge < -0.3 is 4.42 Å². The molecule has 3 nitrogen and oxygen atoms in total. The van der Waals surface area contributed by atoms with Crippen LogP contribution >= 0.6 is 39.1 Å². The number of benzene rings is 1. The van der Waals surface area contributed by atoms with Gasteiger partial charge in [-0.2, -0.15) is 0 Å². The fraction of sp³-hybridized carbons (Fsp3) is 0.0909. The minimum absolute atomic E-state index is 0.210. The minimum atomic E-state index is -0.210. The van der Waals surface area contributed by atoms with Crippen molar-refractivity contribution in [2.45, 2.75) is 6.04 Å². The first-order chi connectivity index (χ1) is 8.13. The highest BCUT2D eigenvalue weighted by Gasteiger charge is 2.18. The molecular weight excluding hydrogens is 327 g/mol. The number of hydrogen-bond donors (Lipinski definition) is 2. The largest absolute Gasteiger partial charge is 0.457 e. The Labute approximate surface area is 117 Å². The predicted octanol–water partition coefficient (Wildman–Crippen LogP) is 3.90. The highest BCUT2D eigenvalue weighted by atomic mass is 79.9. The molecule has 0 aliphatic heterocycles. The first kappa shape index (κ1) is 12.9. The summed E-state index contributed by atoms with van der Waals surface area (Å²) in [5, 5.41) is 1.00. The van der Waals surface area contributed by atoms with Gasteiger partial charge in [0.25, 0.3) is 0 Å². The van der Waals surface area contributed by atoms with Crippen LogP contribution in [-0.2, 0) is 0 Å². The molecule has 1 heterocycles. The van der Waals surface area contributed by atoms with Crippen LogP contribution in [0.15, 0.2) is 39.6 Å². The van der Waals surface area contributed by atoms with E-state index in [1.807, 2.05) is 12.1 Å². The molecular formula is C11H9BrCl2N2O. The molecule has 0 amide bonds. The van der Waals surface area contributed by atoms with E-state index in [1.54, 1.807) is 18.4 Å². The van der Waals surface area contributed by atoms with Crippen molar-refractivity contribution < 1.29 is 4.42 Å². The van der Waals surface area contributed by atoms with Crippen molar-refractivity contribution in [3.8, 4) is 0 Å². The van der Waals surface area contributed by atoms with Crippen LogP contribution in [0.5, 0.6) is 0 Å². The molecule has 0 fully saturated rings. The lowest BCUT2D eigenvalue weighted by molar-refractivity contribution is 0.527. The van der Waals surface area contributed by atoms with E-state index in [1.165, 1.54) is 0 Å². The Hall–Kier alpha value is -0.520. The lowest BCUT2D eigenvalue weighted by Gasteiger charge is -2.15. The summed E-state index contributed by atoms with van der Waals surface area (Å²) in [5.41, 5.74) is 4.52. The van der Waals surface area contributed by atoms with Crippen molar-refractivity contribution >= 4 is 39.1 Å². The van der Waals surface area contributed by atoms with Gasteiger partial charge in [-0.15, -0.1) is 0 Å². The van der Waals surface area contributed by atoms with Crippen molar-refractivity contribution in [3.05, 3.63) is 56.4 Å². The second-order valence-electron chi connectivity index (χ2n) is 3.42. The molecule has 0 spiro atoms. The van der Waals surface area contributed by atoms with Crippen LogP contribution in [0, 0.1) is 0 Å². The van der Waals surface area contributed by atoms with E-state index in [2.05, 4.69) is 21.4 Å². The van der Waals surface area contributed by atoms with Gasteiger partial charge in [-0.05, 0) is 39.7 Å². The summed E-state index contributed by atoms with van der Waals surface area (Å²) in [4.78, 5) is 0. The fourth-order valence-corrected chi connectivity index (χ4v) is 2.34. The molecule has 0 saturated heterocycles. The summed E-state index contributed by atoms with van der Waals surface area (Å²) in [6, 6.07) is 6.98. The van der Waals surface area contributed by atoms with E-state index < -0.39 is 0 Å². The Morgan fingerprint density at radius 2 is 2.00 bits per heavy atom. The molecule has 17 heavy (non-hydrogen) atoms. The van der Waals surface area contributed by atoms with E-state index in [-0.39, 0.29) is 6.04 Å². The average molecular weight is 336 g/mol. The minimum Gasteiger partial charge on any atom is -0.457 e. The molecule has 3 N–H and O–H groups in total. The normalized spacial score (nSPS) is 12.7. The smallest absolute Gasteiger partial charge is 0.174 e. The molecule has 1 unspecified atom stereocenters. The maximum Gasteiger partial charge on any atom is 0.174 e. The van der Waals surface area contributed by atoms with Crippen molar-refractivity contribution in [2.75, 3.05) is 0 Å². The van der Waals surface area contributed by atoms with Gasteiger partial charge in [0.1, 0.15) is 0 Å². The van der Waals surface area contributed by atoms with Crippen LogP contribution in [0.3, 0.4) is 0 Å². The van der Waals surface area contributed by atoms with Crippen LogP contribution in [0.4, 0.5) is 0 Å². The fourth-order valence-electron chi connectivity index (χ4n) is 1.57. The first-order valence-electron chi connectivity index (χ1n) is 4.77. The Balaban J connectivity index is 2.42. The summed E-state index contributed by atoms with van der Waals surface area (Å²) in [7, 11) is 0. The number of hydrogen-bond acceptors (Lipinski definition) is 3. The molecule has 2 rings (SSSR count). The summed E-state index contributed by atoms with van der Waals surface area (Å²) in [6.45, 7) is 0. The molecule has 0 aliphatic rings. The lowest BCUT2D eigenvalue weighted by atomic mass is 10.0. The van der Waals surface area contributed by atoms with Gasteiger partial charge in [0.05, 0.1) is 22.4 Å². The second kappa shape index (κ2) is 5.42. The van der Waals surface area contributed by atoms with Gasteiger partial charge in [0.2, 0.25) is 0 Å². The molecule has 0 bridgehead atoms. The van der Waals surface area contributed by atoms with Crippen LogP contribution < -0.4 is 11.3 Å². The predicted molar refractivity (Wildman–Crippen MR) is 72.0 cm³/mol. The Morgan fingerprint density at radius 3 is 2.53 bits per heavy atom. The number of furan rings is 1. The molecule has 1 aromatic carbocycles. The van der Waals surface area contributed by atoms with Crippen LogP contribution in [-0.4, -0.2) is 0 Å². The average Bonchev–Trinajstić information content (AvgIpc) is 2.71. The van der Waals surface area contributed by atoms with Gasteiger partial charge in [0, 0.05) is 5.56 Å². The van der Waals surface area contributed by atoms with Gasteiger partial charge in [-0.3, -0.25) is 5.84 Å². The molecule has 1 atom stereocenters. The lowest BCUT2D eigenvalue weighted by Crippen LogP contribution is -2.28. The van der Waals surface area contributed by atoms with Crippen LogP contribution in [0.25, 0.3) is 0 Å². The first-order valence-corrected chi connectivity index (χ1v) is 6.32. The van der Waals surface area contributed by atoms with E-state index in [0.717, 1.165) is 11.1 Å². The molecule has 2 aromatic rings. The van der Waals surface area contributed by atoms with Gasteiger partial charge in [-0.25, -0.2) is 5.43 Å². The molecule has 90 valence electrons. The molecule has 6 heteroatoms. The van der Waals surface area contributed by atoms with Crippen LogP contribution in [0.1, 0.15) is 17.2 Å². The third-order valence-corrected chi connectivity index (χ3v) is 3.78. The monoisotopic (exact) mass is 334 g/mol. The number of nitrogens with one attached hydrogen (secondary N) is 1. The summed E-state index contributed by atoms with van der Waals surface area (Å²) in [6.07, 6.45) is 1.58. The van der Waals surface area contributed by atoms with Gasteiger partial charge >= 0.3 is 0 Å². The number of nitrogens with two attached hydrogens (primary N) is 1. The maximum absolute atomic E-state index is 5.98. The highest BCUT2D eigenvalue weighted by Crippen LogP contribution is 2.32. The zero-order valence-corrected chi connectivity index (χ0v) is 11.7.